The molecule has 1 aliphatic heterocycles. The van der Waals surface area contributed by atoms with E-state index in [2.05, 4.69) is 5.32 Å². The van der Waals surface area contributed by atoms with E-state index in [1.807, 2.05) is 30.3 Å². The molecule has 1 heterocycles. The van der Waals surface area contributed by atoms with Crippen molar-refractivity contribution in [2.45, 2.75) is 31.7 Å². The maximum atomic E-state index is 13.5. The Morgan fingerprint density at radius 2 is 1.75 bits per heavy atom. The molecule has 32 heavy (non-hydrogen) atoms. The van der Waals surface area contributed by atoms with Crippen molar-refractivity contribution in [2.24, 2.45) is 23.7 Å². The lowest BCUT2D eigenvalue weighted by molar-refractivity contribution is -0.147. The van der Waals surface area contributed by atoms with Crippen molar-refractivity contribution in [3.8, 4) is 5.75 Å². The molecule has 3 aliphatic rings. The van der Waals surface area contributed by atoms with Gasteiger partial charge in [-0.1, -0.05) is 41.9 Å². The molecule has 1 saturated heterocycles. The molecule has 3 fully saturated rings. The second-order valence-electron chi connectivity index (χ2n) is 8.97. The van der Waals surface area contributed by atoms with Crippen molar-refractivity contribution >= 4 is 35.0 Å². The zero-order valence-corrected chi connectivity index (χ0v) is 18.5. The fourth-order valence-corrected chi connectivity index (χ4v) is 6.04. The number of rotatable bonds is 6. The van der Waals surface area contributed by atoms with Crippen LogP contribution >= 0.6 is 11.6 Å². The van der Waals surface area contributed by atoms with Crippen LogP contribution in [0.5, 0.6) is 5.75 Å². The van der Waals surface area contributed by atoms with E-state index in [1.165, 1.54) is 12.0 Å². The Balaban J connectivity index is 1.47. The molecule has 6 nitrogen and oxygen atoms in total. The van der Waals surface area contributed by atoms with Crippen molar-refractivity contribution in [3.05, 3.63) is 59.1 Å². The first-order valence-corrected chi connectivity index (χ1v) is 11.4. The molecule has 5 rings (SSSR count). The summed E-state index contributed by atoms with van der Waals surface area (Å²) in [7, 11) is 1.50. The summed E-state index contributed by atoms with van der Waals surface area (Å²) in [6, 6.07) is 13.4. The summed E-state index contributed by atoms with van der Waals surface area (Å²) in [6.45, 7) is 0. The normalized spacial score (nSPS) is 26.9. The number of fused-ring (bicyclic) bond motifs is 5. The highest BCUT2D eigenvalue weighted by molar-refractivity contribution is 6.31. The number of methoxy groups -OCH3 is 1. The van der Waals surface area contributed by atoms with Gasteiger partial charge in [-0.3, -0.25) is 19.3 Å². The molecular formula is C25H25ClN2O4. The van der Waals surface area contributed by atoms with Gasteiger partial charge in [-0.2, -0.15) is 0 Å². The number of ether oxygens (including phenoxy) is 1. The standard InChI is InChI=1S/C25H25ClN2O4/c1-32-20-10-9-17(26)13-18(20)27-23(29)19(11-14-5-3-2-4-6-14)28-24(30)21-15-7-8-16(12-15)22(21)25(28)31/h2-6,9-10,13,15-16,19,21-22H,7-8,11-12H2,1H3,(H,27,29)/t15-,16-,19-,21-,22-/m0/s1. The molecular weight excluding hydrogens is 428 g/mol. The lowest BCUT2D eigenvalue weighted by Gasteiger charge is -2.27. The predicted octanol–water partition coefficient (Wildman–Crippen LogP) is 3.93. The third-order valence-corrected chi connectivity index (χ3v) is 7.50. The number of hydrogen-bond acceptors (Lipinski definition) is 4. The first-order chi connectivity index (χ1) is 15.5. The van der Waals surface area contributed by atoms with Crippen LogP contribution in [-0.4, -0.2) is 35.8 Å². The number of nitrogens with one attached hydrogen (secondary N) is 1. The summed E-state index contributed by atoms with van der Waals surface area (Å²) in [5, 5.41) is 3.29. The summed E-state index contributed by atoms with van der Waals surface area (Å²) >= 11 is 6.12. The molecule has 0 unspecified atom stereocenters. The van der Waals surface area contributed by atoms with Gasteiger partial charge in [0.05, 0.1) is 24.6 Å². The van der Waals surface area contributed by atoms with Crippen LogP contribution in [-0.2, 0) is 20.8 Å². The maximum Gasteiger partial charge on any atom is 0.248 e. The van der Waals surface area contributed by atoms with Crippen LogP contribution in [0, 0.1) is 23.7 Å². The number of carbonyl (C=O) groups is 3. The molecule has 2 saturated carbocycles. The van der Waals surface area contributed by atoms with Crippen LogP contribution in [0.25, 0.3) is 0 Å². The Kier molecular flexibility index (Phi) is 5.41. The van der Waals surface area contributed by atoms with Crippen molar-refractivity contribution in [1.29, 1.82) is 0 Å². The van der Waals surface area contributed by atoms with E-state index < -0.39 is 11.9 Å². The largest absolute Gasteiger partial charge is 0.495 e. The van der Waals surface area contributed by atoms with Crippen LogP contribution in [0.15, 0.2) is 48.5 Å². The van der Waals surface area contributed by atoms with Crippen LogP contribution in [0.3, 0.4) is 0 Å². The number of nitrogens with zero attached hydrogens (tertiary/aromatic N) is 1. The average Bonchev–Trinajstić information content (AvgIpc) is 3.47. The minimum Gasteiger partial charge on any atom is -0.495 e. The van der Waals surface area contributed by atoms with E-state index in [-0.39, 0.29) is 41.9 Å². The Bertz CT molecular complexity index is 1040. The number of anilines is 1. The number of imide groups is 1. The Morgan fingerprint density at radius 3 is 2.38 bits per heavy atom. The summed E-state index contributed by atoms with van der Waals surface area (Å²) in [5.41, 5.74) is 1.29. The fraction of sp³-hybridized carbons (Fsp3) is 0.400. The average molecular weight is 453 g/mol. The van der Waals surface area contributed by atoms with Crippen LogP contribution in [0.4, 0.5) is 5.69 Å². The molecule has 7 heteroatoms. The molecule has 3 amide bonds. The van der Waals surface area contributed by atoms with Gasteiger partial charge in [-0.05, 0) is 54.9 Å². The van der Waals surface area contributed by atoms with Gasteiger partial charge in [0.2, 0.25) is 17.7 Å². The maximum absolute atomic E-state index is 13.5. The molecule has 2 aromatic rings. The molecule has 2 aromatic carbocycles. The van der Waals surface area contributed by atoms with Crippen molar-refractivity contribution in [1.82, 2.24) is 4.90 Å². The number of hydrogen-bond donors (Lipinski definition) is 1. The molecule has 5 atom stereocenters. The summed E-state index contributed by atoms with van der Waals surface area (Å²) in [6.07, 6.45) is 3.19. The SMILES string of the molecule is COc1ccc(Cl)cc1NC(=O)[C@H](Cc1ccccc1)N1C(=O)[C@H]2[C@H]3CC[C@@H](C3)[C@@H]2C1=O. The third kappa shape index (κ3) is 3.47. The second-order valence-corrected chi connectivity index (χ2v) is 9.41. The lowest BCUT2D eigenvalue weighted by Crippen LogP contribution is -2.49. The molecule has 2 aliphatic carbocycles. The van der Waals surface area contributed by atoms with Crippen LogP contribution < -0.4 is 10.1 Å². The number of amides is 3. The van der Waals surface area contributed by atoms with Crippen LogP contribution in [0.2, 0.25) is 5.02 Å². The zero-order chi connectivity index (χ0) is 22.4. The molecule has 166 valence electrons. The van der Waals surface area contributed by atoms with Gasteiger partial charge in [0.15, 0.2) is 0 Å². The number of benzene rings is 2. The summed E-state index contributed by atoms with van der Waals surface area (Å²) < 4.78 is 5.34. The van der Waals surface area contributed by atoms with Crippen LogP contribution in [0.1, 0.15) is 24.8 Å². The molecule has 1 N–H and O–H groups in total. The third-order valence-electron chi connectivity index (χ3n) is 7.27. The Hall–Kier alpha value is -2.86. The highest BCUT2D eigenvalue weighted by atomic mass is 35.5. The second kappa shape index (κ2) is 8.24. The van der Waals surface area contributed by atoms with Gasteiger partial charge < -0.3 is 10.1 Å². The molecule has 0 aromatic heterocycles. The van der Waals surface area contributed by atoms with Gasteiger partial charge in [0.1, 0.15) is 11.8 Å². The quantitative estimate of drug-likeness (QED) is 0.674. The Morgan fingerprint density at radius 1 is 1.09 bits per heavy atom. The van der Waals surface area contributed by atoms with E-state index in [4.69, 9.17) is 16.3 Å². The van der Waals surface area contributed by atoms with E-state index >= 15 is 0 Å². The fourth-order valence-electron chi connectivity index (χ4n) is 5.87. The molecule has 0 radical (unpaired) electrons. The monoisotopic (exact) mass is 452 g/mol. The first-order valence-electron chi connectivity index (χ1n) is 11.0. The van der Waals surface area contributed by atoms with Crippen molar-refractivity contribution in [3.63, 3.8) is 0 Å². The number of halogens is 1. The Labute approximate surface area is 191 Å². The number of carbonyl (C=O) groups excluding carboxylic acids is 3. The van der Waals surface area contributed by atoms with E-state index in [9.17, 15) is 14.4 Å². The number of likely N-dealkylation sites (tertiary alicyclic amines) is 1. The smallest absolute Gasteiger partial charge is 0.248 e. The highest BCUT2D eigenvalue weighted by Crippen LogP contribution is 2.56. The predicted molar refractivity (Wildman–Crippen MR) is 120 cm³/mol. The topological polar surface area (TPSA) is 75.7 Å². The van der Waals surface area contributed by atoms with E-state index in [0.717, 1.165) is 24.8 Å². The van der Waals surface area contributed by atoms with E-state index in [1.54, 1.807) is 18.2 Å². The van der Waals surface area contributed by atoms with Gasteiger partial charge >= 0.3 is 0 Å². The van der Waals surface area contributed by atoms with Crippen molar-refractivity contribution in [2.75, 3.05) is 12.4 Å². The summed E-state index contributed by atoms with van der Waals surface area (Å²) in [5.74, 6) is -0.373. The first kappa shape index (κ1) is 21.0. The zero-order valence-electron chi connectivity index (χ0n) is 17.8. The van der Waals surface area contributed by atoms with E-state index in [0.29, 0.717) is 16.5 Å². The molecule has 2 bridgehead atoms. The van der Waals surface area contributed by atoms with Crippen molar-refractivity contribution < 1.29 is 19.1 Å². The molecule has 0 spiro atoms. The van der Waals surface area contributed by atoms with Gasteiger partial charge in [-0.25, -0.2) is 0 Å². The van der Waals surface area contributed by atoms with Gasteiger partial charge in [0.25, 0.3) is 0 Å². The minimum atomic E-state index is -0.939. The lowest BCUT2D eigenvalue weighted by atomic mass is 9.81. The summed E-state index contributed by atoms with van der Waals surface area (Å²) in [4.78, 5) is 41.6. The minimum absolute atomic E-state index is 0.193. The van der Waals surface area contributed by atoms with Gasteiger partial charge in [-0.15, -0.1) is 0 Å². The highest BCUT2D eigenvalue weighted by Gasteiger charge is 2.62. The van der Waals surface area contributed by atoms with Gasteiger partial charge in [0, 0.05) is 11.4 Å².